The first kappa shape index (κ1) is 18.5. The summed E-state index contributed by atoms with van der Waals surface area (Å²) in [7, 11) is 1.87. The third kappa shape index (κ3) is 4.26. The fourth-order valence-corrected chi connectivity index (χ4v) is 3.65. The Hall–Kier alpha value is -2.31. The molecular formula is C20H21FN2O2S. The zero-order valence-electron chi connectivity index (χ0n) is 14.5. The van der Waals surface area contributed by atoms with E-state index in [1.54, 1.807) is 18.2 Å². The van der Waals surface area contributed by atoms with Gasteiger partial charge in [0.25, 0.3) is 5.91 Å². The molecule has 3 aromatic rings. The van der Waals surface area contributed by atoms with Gasteiger partial charge in [0.1, 0.15) is 11.4 Å². The van der Waals surface area contributed by atoms with Crippen LogP contribution >= 0.6 is 11.8 Å². The second kappa shape index (κ2) is 8.87. The predicted octanol–water partition coefficient (Wildman–Crippen LogP) is 4.20. The van der Waals surface area contributed by atoms with E-state index in [1.807, 2.05) is 31.3 Å². The minimum absolute atomic E-state index is 0.235. The Labute approximate surface area is 156 Å². The van der Waals surface area contributed by atoms with Crippen LogP contribution in [0.1, 0.15) is 22.5 Å². The van der Waals surface area contributed by atoms with Crippen LogP contribution in [0, 0.1) is 5.82 Å². The third-order valence-electron chi connectivity index (χ3n) is 4.00. The highest BCUT2D eigenvalue weighted by Crippen LogP contribution is 2.32. The Morgan fingerprint density at radius 3 is 2.69 bits per heavy atom. The van der Waals surface area contributed by atoms with Gasteiger partial charge in [-0.1, -0.05) is 30.3 Å². The Kier molecular flexibility index (Phi) is 6.30. The minimum atomic E-state index is -0.261. The van der Waals surface area contributed by atoms with Gasteiger partial charge in [0.15, 0.2) is 5.76 Å². The van der Waals surface area contributed by atoms with Gasteiger partial charge in [-0.15, -0.1) is 11.8 Å². The van der Waals surface area contributed by atoms with Crippen LogP contribution in [0.4, 0.5) is 4.39 Å². The van der Waals surface area contributed by atoms with Crippen LogP contribution in [0.5, 0.6) is 0 Å². The summed E-state index contributed by atoms with van der Waals surface area (Å²) in [6.07, 6.45) is 0.835. The topological polar surface area (TPSA) is 54.3 Å². The molecule has 0 saturated heterocycles. The number of amides is 1. The summed E-state index contributed by atoms with van der Waals surface area (Å²) in [5.74, 6) is 0.265. The van der Waals surface area contributed by atoms with E-state index in [0.29, 0.717) is 28.5 Å². The fraction of sp³-hybridized carbons (Fsp3) is 0.250. The quantitative estimate of drug-likeness (QED) is 0.460. The Morgan fingerprint density at radius 1 is 1.12 bits per heavy atom. The zero-order chi connectivity index (χ0) is 18.4. The maximum absolute atomic E-state index is 13.9. The average molecular weight is 372 g/mol. The minimum Gasteiger partial charge on any atom is -0.451 e. The molecule has 0 saturated carbocycles. The lowest BCUT2D eigenvalue weighted by molar-refractivity contribution is 0.0927. The molecule has 0 fully saturated rings. The van der Waals surface area contributed by atoms with Crippen molar-refractivity contribution < 1.29 is 13.6 Å². The number of hydrogen-bond acceptors (Lipinski definition) is 4. The van der Waals surface area contributed by atoms with Crippen molar-refractivity contribution >= 4 is 28.6 Å². The highest BCUT2D eigenvalue weighted by atomic mass is 32.2. The van der Waals surface area contributed by atoms with E-state index in [0.717, 1.165) is 23.9 Å². The number of carbonyl (C=O) groups excluding carboxylic acids is 1. The highest BCUT2D eigenvalue weighted by Gasteiger charge is 2.20. The van der Waals surface area contributed by atoms with Crippen molar-refractivity contribution in [1.82, 2.24) is 10.6 Å². The molecule has 26 heavy (non-hydrogen) atoms. The molecule has 2 N–H and O–H groups in total. The van der Waals surface area contributed by atoms with Crippen LogP contribution in [-0.2, 0) is 5.75 Å². The third-order valence-corrected chi connectivity index (χ3v) is 5.08. The van der Waals surface area contributed by atoms with Crippen LogP contribution in [0.15, 0.2) is 57.8 Å². The molecule has 0 aliphatic carbocycles. The van der Waals surface area contributed by atoms with E-state index in [9.17, 15) is 9.18 Å². The lowest BCUT2D eigenvalue weighted by atomic mass is 10.1. The normalized spacial score (nSPS) is 11.0. The number of furan rings is 1. The number of para-hydroxylation sites is 1. The van der Waals surface area contributed by atoms with Crippen molar-refractivity contribution in [1.29, 1.82) is 0 Å². The average Bonchev–Trinajstić information content (AvgIpc) is 3.03. The summed E-state index contributed by atoms with van der Waals surface area (Å²) < 4.78 is 19.7. The smallest absolute Gasteiger partial charge is 0.287 e. The first-order chi connectivity index (χ1) is 12.7. The maximum atomic E-state index is 13.9. The van der Waals surface area contributed by atoms with Gasteiger partial charge in [-0.2, -0.15) is 0 Å². The molecule has 0 aliphatic heterocycles. The van der Waals surface area contributed by atoms with E-state index >= 15 is 0 Å². The van der Waals surface area contributed by atoms with Gasteiger partial charge < -0.3 is 15.1 Å². The van der Waals surface area contributed by atoms with Crippen molar-refractivity contribution in [2.24, 2.45) is 0 Å². The first-order valence-electron chi connectivity index (χ1n) is 8.51. The van der Waals surface area contributed by atoms with E-state index in [2.05, 4.69) is 10.6 Å². The van der Waals surface area contributed by atoms with Crippen LogP contribution in [0.3, 0.4) is 0 Å². The van der Waals surface area contributed by atoms with Gasteiger partial charge in [0, 0.05) is 28.1 Å². The molecule has 136 valence electrons. The summed E-state index contributed by atoms with van der Waals surface area (Å²) in [6.45, 7) is 1.40. The van der Waals surface area contributed by atoms with Crippen molar-refractivity contribution in [2.45, 2.75) is 17.1 Å². The summed E-state index contributed by atoms with van der Waals surface area (Å²) in [5.41, 5.74) is 1.46. The lowest BCUT2D eigenvalue weighted by Crippen LogP contribution is -2.26. The Balaban J connectivity index is 1.82. The molecule has 0 unspecified atom stereocenters. The molecule has 1 amide bonds. The Bertz CT molecular complexity index is 894. The van der Waals surface area contributed by atoms with Crippen molar-refractivity contribution in [3.63, 3.8) is 0 Å². The fourth-order valence-electron chi connectivity index (χ4n) is 2.68. The van der Waals surface area contributed by atoms with Gasteiger partial charge in [-0.05, 0) is 38.2 Å². The molecule has 6 heteroatoms. The van der Waals surface area contributed by atoms with E-state index < -0.39 is 0 Å². The number of halogens is 1. The zero-order valence-corrected chi connectivity index (χ0v) is 15.4. The summed E-state index contributed by atoms with van der Waals surface area (Å²) in [4.78, 5) is 13.1. The molecule has 0 atom stereocenters. The van der Waals surface area contributed by atoms with Crippen molar-refractivity contribution in [2.75, 3.05) is 20.1 Å². The van der Waals surface area contributed by atoms with Crippen molar-refractivity contribution in [3.8, 4) is 0 Å². The molecule has 1 aromatic heterocycles. The molecule has 3 rings (SSSR count). The summed E-state index contributed by atoms with van der Waals surface area (Å²) in [6, 6.07) is 14.2. The number of fused-ring (bicyclic) bond motifs is 1. The number of benzene rings is 2. The molecule has 0 spiro atoms. The number of rotatable bonds is 8. The van der Waals surface area contributed by atoms with Crippen LogP contribution in [0.2, 0.25) is 0 Å². The SMILES string of the molecule is CNCCCNC(=O)c1oc2ccccc2c1CSc1ccccc1F. The van der Waals surface area contributed by atoms with Crippen LogP contribution in [-0.4, -0.2) is 26.0 Å². The molecular weight excluding hydrogens is 351 g/mol. The van der Waals surface area contributed by atoms with E-state index in [1.165, 1.54) is 17.8 Å². The second-order valence-corrected chi connectivity index (χ2v) is 6.86. The maximum Gasteiger partial charge on any atom is 0.287 e. The monoisotopic (exact) mass is 372 g/mol. The standard InChI is InChI=1S/C20H21FN2O2S/c1-22-11-6-12-23-20(24)19-15(14-7-2-4-9-17(14)25-19)13-26-18-10-5-3-8-16(18)21/h2-5,7-10,22H,6,11-13H2,1H3,(H,23,24). The van der Waals surface area contributed by atoms with Crippen LogP contribution in [0.25, 0.3) is 11.0 Å². The molecule has 0 bridgehead atoms. The van der Waals surface area contributed by atoms with Gasteiger partial charge in [-0.25, -0.2) is 4.39 Å². The Morgan fingerprint density at radius 2 is 1.88 bits per heavy atom. The summed E-state index contributed by atoms with van der Waals surface area (Å²) >= 11 is 1.36. The predicted molar refractivity (Wildman–Crippen MR) is 103 cm³/mol. The second-order valence-electron chi connectivity index (χ2n) is 5.84. The molecule has 1 heterocycles. The van der Waals surface area contributed by atoms with Gasteiger partial charge in [0.05, 0.1) is 0 Å². The molecule has 2 aromatic carbocycles. The molecule has 0 aliphatic rings. The first-order valence-corrected chi connectivity index (χ1v) is 9.50. The van der Waals surface area contributed by atoms with E-state index in [-0.39, 0.29) is 11.7 Å². The number of thioether (sulfide) groups is 1. The number of nitrogens with one attached hydrogen (secondary N) is 2. The van der Waals surface area contributed by atoms with E-state index in [4.69, 9.17) is 4.42 Å². The number of carbonyl (C=O) groups is 1. The molecule has 0 radical (unpaired) electrons. The summed E-state index contributed by atoms with van der Waals surface area (Å²) in [5, 5.41) is 6.82. The molecule has 4 nitrogen and oxygen atoms in total. The number of hydrogen-bond donors (Lipinski definition) is 2. The van der Waals surface area contributed by atoms with Gasteiger partial charge in [-0.3, -0.25) is 4.79 Å². The van der Waals surface area contributed by atoms with Crippen LogP contribution < -0.4 is 10.6 Å². The lowest BCUT2D eigenvalue weighted by Gasteiger charge is -2.06. The largest absolute Gasteiger partial charge is 0.451 e. The van der Waals surface area contributed by atoms with Gasteiger partial charge >= 0.3 is 0 Å². The van der Waals surface area contributed by atoms with Crippen molar-refractivity contribution in [3.05, 3.63) is 65.7 Å². The highest BCUT2D eigenvalue weighted by molar-refractivity contribution is 7.98. The van der Waals surface area contributed by atoms with Gasteiger partial charge in [0.2, 0.25) is 0 Å².